The molecule has 3 heterocycles. The van der Waals surface area contributed by atoms with Crippen LogP contribution in [0.2, 0.25) is 0 Å². The van der Waals surface area contributed by atoms with Crippen molar-refractivity contribution in [1.29, 1.82) is 0 Å². The van der Waals surface area contributed by atoms with Crippen molar-refractivity contribution < 1.29 is 4.90 Å². The molecular weight excluding hydrogens is 404 g/mol. The maximum Gasteiger partial charge on any atom is 0.178 e. The van der Waals surface area contributed by atoms with Crippen LogP contribution in [0.15, 0.2) is 54.9 Å². The average molecular weight is 432 g/mol. The van der Waals surface area contributed by atoms with Crippen LogP contribution in [0.1, 0.15) is 24.5 Å². The van der Waals surface area contributed by atoms with E-state index in [0.717, 1.165) is 58.7 Å². The summed E-state index contributed by atoms with van der Waals surface area (Å²) in [4.78, 5) is 14.0. The van der Waals surface area contributed by atoms with Crippen LogP contribution < -0.4 is 10.2 Å². The van der Waals surface area contributed by atoms with E-state index in [2.05, 4.69) is 80.3 Å². The third kappa shape index (κ3) is 3.98. The predicted octanol–water partition coefficient (Wildman–Crippen LogP) is 3.62. The number of benzene rings is 2. The number of nitrogens with one attached hydrogen (secondary N) is 3. The predicted molar refractivity (Wildman–Crippen MR) is 128 cm³/mol. The van der Waals surface area contributed by atoms with Crippen molar-refractivity contribution in [2.45, 2.75) is 33.0 Å². The molecule has 158 valence electrons. The van der Waals surface area contributed by atoms with Crippen LogP contribution in [0.5, 0.6) is 0 Å². The second-order valence-corrected chi connectivity index (χ2v) is 8.43. The number of hydrogen-bond donors (Lipinski definition) is 3. The zero-order chi connectivity index (χ0) is 21.2. The fourth-order valence-electron chi connectivity index (χ4n) is 4.43. The Balaban J connectivity index is 1.43. The summed E-state index contributed by atoms with van der Waals surface area (Å²) in [5, 5.41) is 4.56. The van der Waals surface area contributed by atoms with Crippen LogP contribution in [0, 0.1) is 4.77 Å². The first-order valence-electron chi connectivity index (χ1n) is 10.9. The summed E-state index contributed by atoms with van der Waals surface area (Å²) in [5.41, 5.74) is 5.71. The molecule has 1 atom stereocenters. The van der Waals surface area contributed by atoms with Gasteiger partial charge in [-0.15, -0.1) is 0 Å². The average Bonchev–Trinajstić information content (AvgIpc) is 3.11. The largest absolute Gasteiger partial charge is 0.365 e. The number of imidazole rings is 1. The number of anilines is 1. The van der Waals surface area contributed by atoms with E-state index >= 15 is 0 Å². The summed E-state index contributed by atoms with van der Waals surface area (Å²) >= 11 is 5.47. The van der Waals surface area contributed by atoms with E-state index in [1.165, 1.54) is 24.1 Å². The number of nitrogens with zero attached hydrogens (tertiary/aromatic N) is 3. The molecule has 2 aromatic heterocycles. The molecule has 4 aromatic rings. The Bertz CT molecular complexity index is 1320. The number of H-pyrrole nitrogens is 1. The highest BCUT2D eigenvalue weighted by molar-refractivity contribution is 7.71. The summed E-state index contributed by atoms with van der Waals surface area (Å²) in [6.07, 6.45) is 7.38. The third-order valence-corrected chi connectivity index (χ3v) is 6.41. The Hall–Kier alpha value is -3.03. The molecule has 0 spiro atoms. The van der Waals surface area contributed by atoms with Gasteiger partial charge in [0.25, 0.3) is 0 Å². The van der Waals surface area contributed by atoms with Crippen LogP contribution in [0.25, 0.3) is 21.9 Å². The van der Waals surface area contributed by atoms with E-state index < -0.39 is 0 Å². The second kappa shape index (κ2) is 8.61. The van der Waals surface area contributed by atoms with E-state index in [0.29, 0.717) is 0 Å². The van der Waals surface area contributed by atoms with Crippen LogP contribution >= 0.6 is 12.2 Å². The summed E-state index contributed by atoms with van der Waals surface area (Å²) < 4.78 is 2.83. The van der Waals surface area contributed by atoms with Crippen LogP contribution in [0.4, 0.5) is 5.82 Å². The van der Waals surface area contributed by atoms with Gasteiger partial charge in [0.05, 0.1) is 29.6 Å². The van der Waals surface area contributed by atoms with Gasteiger partial charge in [0.1, 0.15) is 18.7 Å². The molecule has 0 radical (unpaired) electrons. The number of aromatic nitrogens is 4. The van der Waals surface area contributed by atoms with Crippen molar-refractivity contribution in [2.24, 2.45) is 0 Å². The molecule has 1 aliphatic heterocycles. The number of quaternary nitrogens is 1. The van der Waals surface area contributed by atoms with Crippen molar-refractivity contribution in [2.75, 3.05) is 18.4 Å². The molecule has 6 nitrogen and oxygen atoms in total. The van der Waals surface area contributed by atoms with E-state index in [9.17, 15) is 0 Å². The minimum Gasteiger partial charge on any atom is -0.365 e. The molecule has 3 N–H and O–H groups in total. The number of rotatable bonds is 6. The topological polar surface area (TPSA) is 63.0 Å². The molecule has 1 aliphatic rings. The number of hydrogen-bond acceptors (Lipinski definition) is 4. The Morgan fingerprint density at radius 1 is 1.16 bits per heavy atom. The first kappa shape index (κ1) is 19.9. The molecule has 7 heteroatoms. The fraction of sp³-hybridized carbons (Fsp3) is 0.292. The highest BCUT2D eigenvalue weighted by Crippen LogP contribution is 2.26. The monoisotopic (exact) mass is 431 g/mol. The van der Waals surface area contributed by atoms with Crippen molar-refractivity contribution >= 4 is 40.0 Å². The maximum atomic E-state index is 5.47. The van der Waals surface area contributed by atoms with Gasteiger partial charge in [0.15, 0.2) is 4.77 Å². The van der Waals surface area contributed by atoms with E-state index in [-0.39, 0.29) is 0 Å². The minimum absolute atomic E-state index is 0.732. The van der Waals surface area contributed by atoms with Crippen LogP contribution in [-0.2, 0) is 19.6 Å². The summed E-state index contributed by atoms with van der Waals surface area (Å²) in [6.45, 7) is 7.01. The molecule has 0 amide bonds. The van der Waals surface area contributed by atoms with Gasteiger partial charge in [-0.25, -0.2) is 9.97 Å². The van der Waals surface area contributed by atoms with Crippen LogP contribution in [-0.4, -0.2) is 32.6 Å². The maximum absolute atomic E-state index is 5.47. The molecule has 0 saturated carbocycles. The lowest BCUT2D eigenvalue weighted by Crippen LogP contribution is -3.11. The van der Waals surface area contributed by atoms with Gasteiger partial charge in [-0.05, 0) is 42.9 Å². The molecule has 5 rings (SSSR count). The van der Waals surface area contributed by atoms with E-state index in [4.69, 9.17) is 12.2 Å². The summed E-state index contributed by atoms with van der Waals surface area (Å²) in [6, 6.07) is 12.9. The smallest absolute Gasteiger partial charge is 0.178 e. The highest BCUT2D eigenvalue weighted by Gasteiger charge is 2.14. The molecule has 0 fully saturated rings. The second-order valence-electron chi connectivity index (χ2n) is 8.05. The lowest BCUT2D eigenvalue weighted by Gasteiger charge is -2.21. The molecular formula is C24H27N6S+. The van der Waals surface area contributed by atoms with E-state index in [1.54, 1.807) is 11.2 Å². The van der Waals surface area contributed by atoms with Gasteiger partial charge in [0, 0.05) is 30.5 Å². The lowest BCUT2D eigenvalue weighted by atomic mass is 10.1. The quantitative estimate of drug-likeness (QED) is 0.322. The molecule has 0 saturated heterocycles. The SMILES string of the molecule is CCn1c(=S)[nH]c2cc3c(NCc4ccccc4C[NH+]4CC=CCC4)ncnc3cc21. The molecule has 0 bridgehead atoms. The van der Waals surface area contributed by atoms with Gasteiger partial charge in [-0.2, -0.15) is 0 Å². The van der Waals surface area contributed by atoms with Gasteiger partial charge in [-0.1, -0.05) is 30.3 Å². The normalized spacial score (nSPS) is 16.2. The Morgan fingerprint density at radius 2 is 2.03 bits per heavy atom. The Morgan fingerprint density at radius 3 is 2.84 bits per heavy atom. The fourth-order valence-corrected chi connectivity index (χ4v) is 4.77. The Kier molecular flexibility index (Phi) is 5.53. The standard InChI is InChI=1S/C24H26N6S/c1-2-30-22-13-20-19(12-21(22)28-24(30)31)23(27-16-26-20)25-14-17-8-4-5-9-18(17)15-29-10-6-3-7-11-29/h3-6,8-9,12-13,16H,2,7,10-11,14-15H2,1H3,(H,28,31)(H,25,26,27)/p+1. The Labute approximate surface area is 186 Å². The van der Waals surface area contributed by atoms with Gasteiger partial charge in [-0.3, -0.25) is 0 Å². The molecule has 1 unspecified atom stereocenters. The zero-order valence-corrected chi connectivity index (χ0v) is 18.5. The molecule has 0 aliphatic carbocycles. The molecule has 31 heavy (non-hydrogen) atoms. The minimum atomic E-state index is 0.732. The highest BCUT2D eigenvalue weighted by atomic mass is 32.1. The number of fused-ring (bicyclic) bond motifs is 2. The third-order valence-electron chi connectivity index (χ3n) is 6.09. The zero-order valence-electron chi connectivity index (χ0n) is 17.7. The first-order valence-corrected chi connectivity index (χ1v) is 11.3. The van der Waals surface area contributed by atoms with Crippen molar-refractivity contribution in [3.05, 3.63) is 70.8 Å². The van der Waals surface area contributed by atoms with Crippen LogP contribution in [0.3, 0.4) is 0 Å². The summed E-state index contributed by atoms with van der Waals surface area (Å²) in [7, 11) is 0. The molecule has 2 aromatic carbocycles. The summed E-state index contributed by atoms with van der Waals surface area (Å²) in [5.74, 6) is 0.846. The first-order chi connectivity index (χ1) is 15.2. The van der Waals surface area contributed by atoms with Crippen molar-refractivity contribution in [3.63, 3.8) is 0 Å². The van der Waals surface area contributed by atoms with Crippen molar-refractivity contribution in [3.8, 4) is 0 Å². The number of aromatic amines is 1. The van der Waals surface area contributed by atoms with Gasteiger partial charge < -0.3 is 19.8 Å². The van der Waals surface area contributed by atoms with E-state index in [1.807, 2.05) is 0 Å². The lowest BCUT2D eigenvalue weighted by molar-refractivity contribution is -0.909. The van der Waals surface area contributed by atoms with Gasteiger partial charge >= 0.3 is 0 Å². The van der Waals surface area contributed by atoms with Gasteiger partial charge in [0.2, 0.25) is 0 Å². The number of aryl methyl sites for hydroxylation is 1. The van der Waals surface area contributed by atoms with Crippen molar-refractivity contribution in [1.82, 2.24) is 19.5 Å².